The van der Waals surface area contributed by atoms with Crippen LogP contribution >= 0.6 is 0 Å². The molecule has 2 heterocycles. The largest absolute Gasteiger partial charge is 0.481 e. The number of aliphatic carboxylic acids is 2. The number of carboxylic acids is 2. The fourth-order valence-electron chi connectivity index (χ4n) is 5.66. The summed E-state index contributed by atoms with van der Waals surface area (Å²) in [4.78, 5) is 24.5. The van der Waals surface area contributed by atoms with Crippen LogP contribution in [0.4, 0.5) is 20.2 Å². The Morgan fingerprint density at radius 3 is 2.24 bits per heavy atom. The standard InChI is InChI=1S/C32H31F2N3O4/c1-31(2)23-17-21(33)7-9-25(23)36(15-13-29(38)39)27(31)11-5-20(19-35)6-12-28-32(3,4)24-18-22(34)8-10-26(24)37(28)16-14-30(40)41/h5-12,17-18H,13-16H2,1-4H3,(H-,38,39,40,41)/p+1. The molecule has 2 N–H and O–H groups in total. The van der Waals surface area contributed by atoms with Gasteiger partial charge in [-0.2, -0.15) is 9.84 Å². The summed E-state index contributed by atoms with van der Waals surface area (Å²) in [5.74, 6) is -2.70. The highest BCUT2D eigenvalue weighted by Gasteiger charge is 2.45. The van der Waals surface area contributed by atoms with Crippen LogP contribution in [0.25, 0.3) is 0 Å². The van der Waals surface area contributed by atoms with Gasteiger partial charge in [0, 0.05) is 41.1 Å². The minimum absolute atomic E-state index is 0.125. The van der Waals surface area contributed by atoms with Gasteiger partial charge >= 0.3 is 11.9 Å². The molecule has 2 aromatic carbocycles. The highest BCUT2D eigenvalue weighted by atomic mass is 19.1. The summed E-state index contributed by atoms with van der Waals surface area (Å²) in [6.45, 7) is 8.02. The highest BCUT2D eigenvalue weighted by Crippen LogP contribution is 2.48. The van der Waals surface area contributed by atoms with E-state index in [4.69, 9.17) is 0 Å². The first-order valence-electron chi connectivity index (χ1n) is 13.2. The van der Waals surface area contributed by atoms with Crippen molar-refractivity contribution in [2.24, 2.45) is 0 Å². The summed E-state index contributed by atoms with van der Waals surface area (Å²) >= 11 is 0. The summed E-state index contributed by atoms with van der Waals surface area (Å²) in [7, 11) is 0. The van der Waals surface area contributed by atoms with E-state index in [9.17, 15) is 33.8 Å². The Hall–Kier alpha value is -4.58. The molecule has 0 spiro atoms. The zero-order valence-corrected chi connectivity index (χ0v) is 23.4. The zero-order chi connectivity index (χ0) is 30.1. The van der Waals surface area contributed by atoms with Crippen molar-refractivity contribution in [1.29, 1.82) is 5.26 Å². The molecule has 7 nitrogen and oxygen atoms in total. The first-order valence-corrected chi connectivity index (χ1v) is 13.2. The van der Waals surface area contributed by atoms with Crippen LogP contribution in [0.1, 0.15) is 51.7 Å². The Morgan fingerprint density at radius 1 is 0.976 bits per heavy atom. The Bertz CT molecular complexity index is 1590. The van der Waals surface area contributed by atoms with Crippen LogP contribution in [0.5, 0.6) is 0 Å². The number of hydrogen-bond donors (Lipinski definition) is 2. The van der Waals surface area contributed by atoms with E-state index in [1.54, 1.807) is 36.4 Å². The fraction of sp³-hybridized carbons (Fsp3) is 0.312. The van der Waals surface area contributed by atoms with E-state index >= 15 is 0 Å². The molecule has 0 atom stereocenters. The van der Waals surface area contributed by atoms with Gasteiger partial charge in [-0.25, -0.2) is 8.78 Å². The molecular weight excluding hydrogens is 528 g/mol. The maximum Gasteiger partial charge on any atom is 0.309 e. The first-order chi connectivity index (χ1) is 19.3. The molecule has 0 unspecified atom stereocenters. The minimum Gasteiger partial charge on any atom is -0.481 e. The molecular formula is C32H32F2N3O4+. The lowest BCUT2D eigenvalue weighted by Crippen LogP contribution is -2.28. The van der Waals surface area contributed by atoms with E-state index in [1.165, 1.54) is 24.3 Å². The number of halogens is 2. The molecule has 0 saturated carbocycles. The lowest BCUT2D eigenvalue weighted by molar-refractivity contribution is -0.436. The Labute approximate surface area is 237 Å². The predicted octanol–water partition coefficient (Wildman–Crippen LogP) is 5.98. The number of carbonyl (C=O) groups is 2. The van der Waals surface area contributed by atoms with Crippen molar-refractivity contribution in [3.8, 4) is 6.07 Å². The maximum atomic E-state index is 14.1. The zero-order valence-electron chi connectivity index (χ0n) is 23.4. The van der Waals surface area contributed by atoms with Crippen LogP contribution in [-0.4, -0.2) is 45.5 Å². The van der Waals surface area contributed by atoms with Crippen LogP contribution < -0.4 is 4.90 Å². The van der Waals surface area contributed by atoms with Crippen LogP contribution in [0.15, 0.2) is 72.0 Å². The van der Waals surface area contributed by atoms with E-state index in [0.29, 0.717) is 11.4 Å². The van der Waals surface area contributed by atoms with Gasteiger partial charge in [-0.05, 0) is 68.0 Å². The first kappa shape index (κ1) is 29.4. The number of anilines is 1. The maximum absolute atomic E-state index is 14.1. The average molecular weight is 561 g/mol. The third-order valence-electron chi connectivity index (χ3n) is 7.78. The smallest absolute Gasteiger partial charge is 0.309 e. The van der Waals surface area contributed by atoms with Crippen LogP contribution in [0.2, 0.25) is 0 Å². The van der Waals surface area contributed by atoms with Crippen molar-refractivity contribution in [2.75, 3.05) is 18.0 Å². The van der Waals surface area contributed by atoms with E-state index < -0.39 is 34.4 Å². The number of allylic oxidation sites excluding steroid dienone is 6. The fourth-order valence-corrected chi connectivity index (χ4v) is 5.66. The molecule has 212 valence electrons. The average Bonchev–Trinajstić information content (AvgIpc) is 3.24. The number of fused-ring (bicyclic) bond motifs is 2. The van der Waals surface area contributed by atoms with Gasteiger partial charge < -0.3 is 15.1 Å². The molecule has 0 amide bonds. The van der Waals surface area contributed by atoms with E-state index in [0.717, 1.165) is 22.5 Å². The van der Waals surface area contributed by atoms with Crippen molar-refractivity contribution < 1.29 is 33.2 Å². The lowest BCUT2D eigenvalue weighted by atomic mass is 9.81. The molecule has 0 bridgehead atoms. The number of carboxylic acid groups (broad SMARTS) is 2. The minimum atomic E-state index is -0.960. The van der Waals surface area contributed by atoms with E-state index in [-0.39, 0.29) is 31.5 Å². The summed E-state index contributed by atoms with van der Waals surface area (Å²) in [6, 6.07) is 11.0. The summed E-state index contributed by atoms with van der Waals surface area (Å²) in [5.41, 5.74) is 3.30. The van der Waals surface area contributed by atoms with Gasteiger partial charge in [-0.15, -0.1) is 0 Å². The lowest BCUT2D eigenvalue weighted by Gasteiger charge is -2.26. The predicted molar refractivity (Wildman–Crippen MR) is 151 cm³/mol. The number of hydrogen-bond acceptors (Lipinski definition) is 4. The molecule has 9 heteroatoms. The molecule has 0 fully saturated rings. The number of rotatable bonds is 9. The molecule has 0 aromatic heterocycles. The second kappa shape index (κ2) is 11.1. The third kappa shape index (κ3) is 5.68. The van der Waals surface area contributed by atoms with Crippen molar-refractivity contribution in [3.05, 3.63) is 94.7 Å². The van der Waals surface area contributed by atoms with Crippen molar-refractivity contribution in [1.82, 2.24) is 0 Å². The van der Waals surface area contributed by atoms with Crippen LogP contribution in [0, 0.1) is 23.0 Å². The molecule has 4 rings (SSSR count). The van der Waals surface area contributed by atoms with Crippen molar-refractivity contribution in [3.63, 3.8) is 0 Å². The molecule has 0 saturated heterocycles. The number of benzene rings is 2. The molecule has 0 aliphatic carbocycles. The molecule has 2 aliphatic heterocycles. The Balaban J connectivity index is 1.75. The van der Waals surface area contributed by atoms with Gasteiger partial charge in [0.2, 0.25) is 5.69 Å². The quantitative estimate of drug-likeness (QED) is 0.222. The molecule has 41 heavy (non-hydrogen) atoms. The monoisotopic (exact) mass is 560 g/mol. The van der Waals surface area contributed by atoms with Crippen LogP contribution in [0.3, 0.4) is 0 Å². The van der Waals surface area contributed by atoms with Gasteiger partial charge in [0.15, 0.2) is 12.3 Å². The van der Waals surface area contributed by atoms with Gasteiger partial charge in [-0.1, -0.05) is 13.8 Å². The number of nitrogens with zero attached hydrogens (tertiary/aromatic N) is 3. The second-order valence-electron chi connectivity index (χ2n) is 11.2. The van der Waals surface area contributed by atoms with E-state index in [1.807, 2.05) is 37.2 Å². The SMILES string of the molecule is CC1(C)C(/C=C/C(C#N)=C/C=C2/N(CCC(=O)O)c3ccc(F)cc3C2(C)C)=[N+](CCC(=O)O)c2ccc(F)cc21. The molecule has 2 aliphatic rings. The molecule has 2 aromatic rings. The molecule has 0 radical (unpaired) electrons. The number of nitriles is 1. The van der Waals surface area contributed by atoms with E-state index in [2.05, 4.69) is 6.07 Å². The summed E-state index contributed by atoms with van der Waals surface area (Å²) < 4.78 is 30.1. The Kier molecular flexibility index (Phi) is 7.98. The van der Waals surface area contributed by atoms with Gasteiger partial charge in [0.25, 0.3) is 0 Å². The summed E-state index contributed by atoms with van der Waals surface area (Å²) in [5, 5.41) is 28.5. The topological polar surface area (TPSA) is 105 Å². The van der Waals surface area contributed by atoms with Crippen molar-refractivity contribution >= 4 is 29.0 Å². The van der Waals surface area contributed by atoms with Gasteiger partial charge in [0.05, 0.1) is 23.5 Å². The Morgan fingerprint density at radius 2 is 1.61 bits per heavy atom. The second-order valence-corrected chi connectivity index (χ2v) is 11.2. The van der Waals surface area contributed by atoms with Crippen LogP contribution in [-0.2, 0) is 20.4 Å². The normalized spacial score (nSPS) is 18.1. The van der Waals surface area contributed by atoms with Gasteiger partial charge in [0.1, 0.15) is 18.1 Å². The summed E-state index contributed by atoms with van der Waals surface area (Å²) in [6.07, 6.45) is 6.50. The highest BCUT2D eigenvalue weighted by molar-refractivity contribution is 6.03. The van der Waals surface area contributed by atoms with Crippen molar-refractivity contribution in [2.45, 2.75) is 51.4 Å². The van der Waals surface area contributed by atoms with Gasteiger partial charge in [-0.3, -0.25) is 9.59 Å². The third-order valence-corrected chi connectivity index (χ3v) is 7.78.